The number of sulfonamides is 1. The summed E-state index contributed by atoms with van der Waals surface area (Å²) in [4.78, 5) is 26.4. The number of H-pyrrole nitrogens is 1. The molecular formula is C16H17N3O4S. The number of anilines is 2. The van der Waals surface area contributed by atoms with Crippen LogP contribution in [-0.4, -0.2) is 31.6 Å². The third kappa shape index (κ3) is 2.92. The molecule has 2 heterocycles. The predicted octanol–water partition coefficient (Wildman–Crippen LogP) is 1.34. The Bertz CT molecular complexity index is 965. The van der Waals surface area contributed by atoms with Crippen LogP contribution in [0, 0.1) is 0 Å². The summed E-state index contributed by atoms with van der Waals surface area (Å²) in [6.07, 6.45) is 3.19. The lowest BCUT2D eigenvalue weighted by Gasteiger charge is -2.21. The summed E-state index contributed by atoms with van der Waals surface area (Å²) in [6, 6.07) is 7.79. The van der Waals surface area contributed by atoms with E-state index in [0.29, 0.717) is 17.7 Å². The van der Waals surface area contributed by atoms with Crippen molar-refractivity contribution in [3.63, 3.8) is 0 Å². The van der Waals surface area contributed by atoms with Gasteiger partial charge in [0.05, 0.1) is 11.9 Å². The quantitative estimate of drug-likeness (QED) is 0.875. The molecule has 1 aromatic carbocycles. The molecule has 0 saturated heterocycles. The Morgan fingerprint density at radius 2 is 2.08 bits per heavy atom. The molecule has 3 rings (SSSR count). The molecule has 1 aliphatic rings. The van der Waals surface area contributed by atoms with Crippen LogP contribution in [-0.2, 0) is 16.4 Å². The first-order valence-electron chi connectivity index (χ1n) is 7.39. The van der Waals surface area contributed by atoms with E-state index in [9.17, 15) is 18.0 Å². The molecule has 2 N–H and O–H groups in total. The van der Waals surface area contributed by atoms with Gasteiger partial charge in [-0.2, -0.15) is 0 Å². The summed E-state index contributed by atoms with van der Waals surface area (Å²) < 4.78 is 25.2. The fourth-order valence-corrected chi connectivity index (χ4v) is 4.23. The number of amides is 1. The lowest BCUT2D eigenvalue weighted by molar-refractivity contribution is 0.102. The summed E-state index contributed by atoms with van der Waals surface area (Å²) in [6.45, 7) is 1.82. The van der Waals surface area contributed by atoms with E-state index in [4.69, 9.17) is 0 Å². The average Bonchev–Trinajstić information content (AvgIpc) is 2.84. The Morgan fingerprint density at radius 3 is 2.75 bits per heavy atom. The molecule has 1 atom stereocenters. The molecule has 8 heteroatoms. The van der Waals surface area contributed by atoms with Crippen LogP contribution in [0.15, 0.2) is 41.3 Å². The number of aromatic nitrogens is 1. The number of pyridine rings is 1. The van der Waals surface area contributed by atoms with Crippen molar-refractivity contribution in [1.29, 1.82) is 0 Å². The van der Waals surface area contributed by atoms with Crippen molar-refractivity contribution in [1.82, 2.24) is 4.98 Å². The van der Waals surface area contributed by atoms with Crippen LogP contribution in [0.5, 0.6) is 0 Å². The molecule has 126 valence electrons. The minimum Gasteiger partial charge on any atom is -0.327 e. The standard InChI is InChI=1S/C16H17N3O4S/c1-10-8-12-9-11(5-6-14(12)19(10)24(2,22)23)15(20)18-13-4-3-7-17-16(13)21/h3-7,9-10H,8H2,1-2H3,(H,17,21)(H,18,20). The van der Waals surface area contributed by atoms with Crippen molar-refractivity contribution in [3.05, 3.63) is 58.0 Å². The molecule has 24 heavy (non-hydrogen) atoms. The molecule has 0 bridgehead atoms. The second-order valence-corrected chi connectivity index (χ2v) is 7.68. The van der Waals surface area contributed by atoms with E-state index in [1.165, 1.54) is 22.8 Å². The smallest absolute Gasteiger partial charge is 0.271 e. The Hall–Kier alpha value is -2.61. The van der Waals surface area contributed by atoms with Gasteiger partial charge in [0.2, 0.25) is 10.0 Å². The third-order valence-corrected chi connectivity index (χ3v) is 5.19. The van der Waals surface area contributed by atoms with Gasteiger partial charge >= 0.3 is 0 Å². The monoisotopic (exact) mass is 347 g/mol. The minimum atomic E-state index is -3.37. The number of nitrogens with zero attached hydrogens (tertiary/aromatic N) is 1. The van der Waals surface area contributed by atoms with Gasteiger partial charge in [-0.05, 0) is 49.2 Å². The number of carbonyl (C=O) groups excluding carboxylic acids is 1. The zero-order chi connectivity index (χ0) is 17.5. The summed E-state index contributed by atoms with van der Waals surface area (Å²) in [5, 5.41) is 2.56. The van der Waals surface area contributed by atoms with E-state index in [2.05, 4.69) is 10.3 Å². The van der Waals surface area contributed by atoms with Gasteiger partial charge in [-0.1, -0.05) is 0 Å². The topological polar surface area (TPSA) is 99.3 Å². The first-order chi connectivity index (χ1) is 11.3. The van der Waals surface area contributed by atoms with Gasteiger partial charge in [0, 0.05) is 17.8 Å². The highest BCUT2D eigenvalue weighted by atomic mass is 32.2. The normalized spacial score (nSPS) is 16.8. The number of hydrogen-bond acceptors (Lipinski definition) is 4. The van der Waals surface area contributed by atoms with Crippen LogP contribution in [0.25, 0.3) is 0 Å². The highest BCUT2D eigenvalue weighted by Gasteiger charge is 2.32. The van der Waals surface area contributed by atoms with Crippen LogP contribution in [0.3, 0.4) is 0 Å². The molecule has 0 fully saturated rings. The Balaban J connectivity index is 1.90. The molecule has 1 amide bonds. The van der Waals surface area contributed by atoms with Crippen LogP contribution >= 0.6 is 0 Å². The van der Waals surface area contributed by atoms with Gasteiger partial charge in [0.15, 0.2) is 0 Å². The maximum atomic E-state index is 12.3. The zero-order valence-corrected chi connectivity index (χ0v) is 14.1. The molecular weight excluding hydrogens is 330 g/mol. The largest absolute Gasteiger partial charge is 0.327 e. The van der Waals surface area contributed by atoms with Crippen LogP contribution < -0.4 is 15.2 Å². The highest BCUT2D eigenvalue weighted by Crippen LogP contribution is 2.34. The summed E-state index contributed by atoms with van der Waals surface area (Å²) in [7, 11) is -3.37. The number of rotatable bonds is 3. The maximum absolute atomic E-state index is 12.3. The highest BCUT2D eigenvalue weighted by molar-refractivity contribution is 7.92. The van der Waals surface area contributed by atoms with Crippen LogP contribution in [0.1, 0.15) is 22.8 Å². The number of benzene rings is 1. The van der Waals surface area contributed by atoms with E-state index >= 15 is 0 Å². The molecule has 0 saturated carbocycles. The molecule has 0 spiro atoms. The molecule has 1 unspecified atom stereocenters. The van der Waals surface area contributed by atoms with Crippen molar-refractivity contribution in [2.45, 2.75) is 19.4 Å². The molecule has 0 aliphatic carbocycles. The van der Waals surface area contributed by atoms with Gasteiger partial charge in [0.25, 0.3) is 11.5 Å². The van der Waals surface area contributed by atoms with E-state index in [0.717, 1.165) is 5.56 Å². The number of hydrogen-bond donors (Lipinski definition) is 2. The maximum Gasteiger partial charge on any atom is 0.271 e. The van der Waals surface area contributed by atoms with Gasteiger partial charge in [-0.15, -0.1) is 0 Å². The van der Waals surface area contributed by atoms with E-state index in [1.807, 2.05) is 6.92 Å². The first kappa shape index (κ1) is 16.3. The van der Waals surface area contributed by atoms with Crippen molar-refractivity contribution in [2.75, 3.05) is 15.9 Å². The fourth-order valence-electron chi connectivity index (χ4n) is 2.96. The SMILES string of the molecule is CC1Cc2cc(C(=O)Nc3ccc[nH]c3=O)ccc2N1S(C)(=O)=O. The summed E-state index contributed by atoms with van der Waals surface area (Å²) >= 11 is 0. The number of fused-ring (bicyclic) bond motifs is 1. The lowest BCUT2D eigenvalue weighted by atomic mass is 10.1. The summed E-state index contributed by atoms with van der Waals surface area (Å²) in [5.74, 6) is -0.417. The molecule has 0 radical (unpaired) electrons. The van der Waals surface area contributed by atoms with Crippen molar-refractivity contribution in [2.24, 2.45) is 0 Å². The van der Waals surface area contributed by atoms with Crippen molar-refractivity contribution in [3.8, 4) is 0 Å². The van der Waals surface area contributed by atoms with Gasteiger partial charge in [-0.25, -0.2) is 8.42 Å². The van der Waals surface area contributed by atoms with Gasteiger partial charge < -0.3 is 10.3 Å². The summed E-state index contributed by atoms with van der Waals surface area (Å²) in [5.41, 5.74) is 1.54. The molecule has 7 nitrogen and oxygen atoms in total. The molecule has 1 aromatic heterocycles. The van der Waals surface area contributed by atoms with Gasteiger partial charge in [-0.3, -0.25) is 13.9 Å². The second kappa shape index (κ2) is 5.79. The molecule has 2 aromatic rings. The van der Waals surface area contributed by atoms with Crippen molar-refractivity contribution < 1.29 is 13.2 Å². The lowest BCUT2D eigenvalue weighted by Crippen LogP contribution is -2.34. The zero-order valence-electron chi connectivity index (χ0n) is 13.2. The van der Waals surface area contributed by atoms with E-state index < -0.39 is 15.9 Å². The first-order valence-corrected chi connectivity index (χ1v) is 9.23. The third-order valence-electron chi connectivity index (χ3n) is 3.92. The van der Waals surface area contributed by atoms with Crippen molar-refractivity contribution >= 4 is 27.3 Å². The average molecular weight is 347 g/mol. The predicted molar refractivity (Wildman–Crippen MR) is 91.9 cm³/mol. The number of aromatic amines is 1. The second-order valence-electron chi connectivity index (χ2n) is 5.82. The minimum absolute atomic E-state index is 0.161. The van der Waals surface area contributed by atoms with E-state index in [-0.39, 0.29) is 17.3 Å². The number of nitrogens with one attached hydrogen (secondary N) is 2. The Labute approximate surface area is 139 Å². The number of carbonyl (C=O) groups is 1. The fraction of sp³-hybridized carbons (Fsp3) is 0.250. The van der Waals surface area contributed by atoms with Gasteiger partial charge in [0.1, 0.15) is 5.69 Å². The van der Waals surface area contributed by atoms with Crippen LogP contribution in [0.4, 0.5) is 11.4 Å². The van der Waals surface area contributed by atoms with E-state index in [1.54, 1.807) is 24.3 Å². The molecule has 1 aliphatic heterocycles. The van der Waals surface area contributed by atoms with Crippen LogP contribution in [0.2, 0.25) is 0 Å². The Kier molecular flexibility index (Phi) is 3.92. The Morgan fingerprint density at radius 1 is 1.33 bits per heavy atom.